The fourth-order valence-electron chi connectivity index (χ4n) is 0.597. The zero-order chi connectivity index (χ0) is 8.59. The van der Waals surface area contributed by atoms with Gasteiger partial charge in [0.15, 0.2) is 5.75 Å². The maximum atomic E-state index is 9.14. The van der Waals surface area contributed by atoms with Gasteiger partial charge in [-0.1, -0.05) is 34.8 Å². The summed E-state index contributed by atoms with van der Waals surface area (Å²) in [4.78, 5) is 0. The molecule has 3 N–H and O–H groups in total. The highest BCUT2D eigenvalue weighted by Gasteiger charge is 2.10. The van der Waals surface area contributed by atoms with Gasteiger partial charge in [0.25, 0.3) is 0 Å². The van der Waals surface area contributed by atoms with Gasteiger partial charge in [-0.15, -0.1) is 0 Å². The molecule has 0 radical (unpaired) electrons. The highest BCUT2D eigenvalue weighted by molar-refractivity contribution is 6.45. The van der Waals surface area contributed by atoms with Gasteiger partial charge in [0, 0.05) is 0 Å². The minimum absolute atomic E-state index is 0.0218. The molecule has 0 aliphatic heterocycles. The highest BCUT2D eigenvalue weighted by atomic mass is 35.5. The van der Waals surface area contributed by atoms with Crippen molar-refractivity contribution in [3.8, 4) is 5.75 Å². The van der Waals surface area contributed by atoms with Crippen LogP contribution in [0.5, 0.6) is 5.75 Å². The molecule has 1 aromatic rings. The molecule has 0 amide bonds. The Hall–Kier alpha value is -0.310. The van der Waals surface area contributed by atoms with Crippen molar-refractivity contribution in [2.24, 2.45) is 0 Å². The fourth-order valence-corrected chi connectivity index (χ4v) is 1.21. The van der Waals surface area contributed by atoms with Gasteiger partial charge in [-0.3, -0.25) is 0 Å². The third-order valence-corrected chi connectivity index (χ3v) is 2.27. The summed E-state index contributed by atoms with van der Waals surface area (Å²) in [5, 5.41) is 9.54. The Morgan fingerprint density at radius 2 is 1.73 bits per heavy atom. The number of hydrogen-bond acceptors (Lipinski definition) is 2. The van der Waals surface area contributed by atoms with Crippen molar-refractivity contribution in [3.05, 3.63) is 21.1 Å². The lowest BCUT2D eigenvalue weighted by atomic mass is 10.3. The summed E-state index contributed by atoms with van der Waals surface area (Å²) in [6.07, 6.45) is 0. The quantitative estimate of drug-likeness (QED) is 0.395. The average Bonchev–Trinajstić information content (AvgIpc) is 1.97. The normalized spacial score (nSPS) is 10.1. The van der Waals surface area contributed by atoms with E-state index in [2.05, 4.69) is 0 Å². The van der Waals surface area contributed by atoms with Gasteiger partial charge < -0.3 is 10.8 Å². The van der Waals surface area contributed by atoms with Crippen LogP contribution < -0.4 is 5.73 Å². The molecule has 0 heterocycles. The van der Waals surface area contributed by atoms with E-state index < -0.39 is 0 Å². The van der Waals surface area contributed by atoms with Gasteiger partial charge >= 0.3 is 0 Å². The second kappa shape index (κ2) is 2.97. The number of anilines is 1. The maximum absolute atomic E-state index is 9.14. The van der Waals surface area contributed by atoms with Crippen LogP contribution in [-0.2, 0) is 0 Å². The van der Waals surface area contributed by atoms with Gasteiger partial charge in [-0.2, -0.15) is 0 Å². The summed E-state index contributed by atoms with van der Waals surface area (Å²) in [7, 11) is 0. The van der Waals surface area contributed by atoms with Crippen molar-refractivity contribution in [1.82, 2.24) is 0 Å². The molecular formula is C6H4Cl3NO. The molecule has 0 unspecified atom stereocenters. The molecule has 0 aromatic heterocycles. The summed E-state index contributed by atoms with van der Waals surface area (Å²) in [6, 6.07) is 1.38. The first-order valence-corrected chi connectivity index (χ1v) is 3.79. The van der Waals surface area contributed by atoms with Crippen LogP contribution in [-0.4, -0.2) is 5.11 Å². The van der Waals surface area contributed by atoms with Crippen LogP contribution in [0.2, 0.25) is 15.1 Å². The molecule has 0 fully saturated rings. The molecule has 0 spiro atoms. The number of phenols is 1. The largest absolute Gasteiger partial charge is 0.504 e. The smallest absolute Gasteiger partial charge is 0.160 e. The molecule has 0 saturated carbocycles. The van der Waals surface area contributed by atoms with Gasteiger partial charge in [0.05, 0.1) is 15.7 Å². The van der Waals surface area contributed by atoms with E-state index in [-0.39, 0.29) is 26.5 Å². The molecule has 0 bridgehead atoms. The summed E-state index contributed by atoms with van der Waals surface area (Å²) in [5.74, 6) is -0.274. The van der Waals surface area contributed by atoms with Crippen LogP contribution in [0.4, 0.5) is 5.69 Å². The topological polar surface area (TPSA) is 46.2 Å². The predicted molar refractivity (Wildman–Crippen MR) is 47.5 cm³/mol. The molecule has 60 valence electrons. The maximum Gasteiger partial charge on any atom is 0.160 e. The van der Waals surface area contributed by atoms with Crippen LogP contribution in [0.3, 0.4) is 0 Å². The number of nitrogen functional groups attached to an aromatic ring is 1. The van der Waals surface area contributed by atoms with Gasteiger partial charge in [0.1, 0.15) is 5.02 Å². The van der Waals surface area contributed by atoms with E-state index >= 15 is 0 Å². The minimum atomic E-state index is -0.274. The molecular weight excluding hydrogens is 208 g/mol. The molecule has 1 aromatic carbocycles. The lowest BCUT2D eigenvalue weighted by Crippen LogP contribution is -1.87. The monoisotopic (exact) mass is 211 g/mol. The SMILES string of the molecule is Nc1c(Cl)cc(Cl)c(Cl)c1O. The highest BCUT2D eigenvalue weighted by Crippen LogP contribution is 2.40. The number of halogens is 3. The van der Waals surface area contributed by atoms with Gasteiger partial charge in [0.2, 0.25) is 0 Å². The van der Waals surface area contributed by atoms with E-state index in [0.717, 1.165) is 0 Å². The molecule has 11 heavy (non-hydrogen) atoms. The number of nitrogens with two attached hydrogens (primary N) is 1. The van der Waals surface area contributed by atoms with Gasteiger partial charge in [-0.05, 0) is 6.07 Å². The third-order valence-electron chi connectivity index (χ3n) is 1.18. The first-order valence-electron chi connectivity index (χ1n) is 2.66. The van der Waals surface area contributed by atoms with E-state index in [1.807, 2.05) is 0 Å². The fraction of sp³-hybridized carbons (Fsp3) is 0. The van der Waals surface area contributed by atoms with Crippen LogP contribution in [0, 0.1) is 0 Å². The van der Waals surface area contributed by atoms with E-state index in [1.54, 1.807) is 0 Å². The van der Waals surface area contributed by atoms with Crippen molar-refractivity contribution in [2.45, 2.75) is 0 Å². The van der Waals surface area contributed by atoms with Crippen molar-refractivity contribution < 1.29 is 5.11 Å². The molecule has 0 aliphatic rings. The Morgan fingerprint density at radius 3 is 2.27 bits per heavy atom. The predicted octanol–water partition coefficient (Wildman–Crippen LogP) is 2.93. The molecule has 1 rings (SSSR count). The average molecular weight is 212 g/mol. The van der Waals surface area contributed by atoms with E-state index in [4.69, 9.17) is 45.6 Å². The zero-order valence-electron chi connectivity index (χ0n) is 5.24. The molecule has 0 aliphatic carbocycles. The first kappa shape index (κ1) is 8.78. The molecule has 2 nitrogen and oxygen atoms in total. The summed E-state index contributed by atoms with van der Waals surface area (Å²) in [6.45, 7) is 0. The number of rotatable bonds is 0. The first-order chi connectivity index (χ1) is 5.04. The van der Waals surface area contributed by atoms with Crippen molar-refractivity contribution in [2.75, 3.05) is 5.73 Å². The summed E-state index contributed by atoms with van der Waals surface area (Å²) < 4.78 is 0. The second-order valence-electron chi connectivity index (χ2n) is 1.92. The Balaban J connectivity index is 3.46. The summed E-state index contributed by atoms with van der Waals surface area (Å²) >= 11 is 16.7. The van der Waals surface area contributed by atoms with Crippen molar-refractivity contribution in [3.63, 3.8) is 0 Å². The second-order valence-corrected chi connectivity index (χ2v) is 3.11. The number of benzene rings is 1. The summed E-state index contributed by atoms with van der Waals surface area (Å²) in [5.41, 5.74) is 5.37. The Bertz CT molecular complexity index is 274. The number of aromatic hydroxyl groups is 1. The van der Waals surface area contributed by atoms with Crippen LogP contribution in [0.15, 0.2) is 6.07 Å². The van der Waals surface area contributed by atoms with E-state index in [0.29, 0.717) is 0 Å². The van der Waals surface area contributed by atoms with Crippen LogP contribution in [0.25, 0.3) is 0 Å². The zero-order valence-corrected chi connectivity index (χ0v) is 7.50. The molecule has 0 saturated heterocycles. The number of phenolic OH excluding ortho intramolecular Hbond substituents is 1. The minimum Gasteiger partial charge on any atom is -0.504 e. The third kappa shape index (κ3) is 1.48. The van der Waals surface area contributed by atoms with Crippen LogP contribution in [0.1, 0.15) is 0 Å². The van der Waals surface area contributed by atoms with Crippen molar-refractivity contribution >= 4 is 40.5 Å². The van der Waals surface area contributed by atoms with Crippen molar-refractivity contribution in [1.29, 1.82) is 0 Å². The van der Waals surface area contributed by atoms with E-state index in [9.17, 15) is 0 Å². The van der Waals surface area contributed by atoms with E-state index in [1.165, 1.54) is 6.07 Å². The Labute approximate surface area is 78.5 Å². The van der Waals surface area contributed by atoms with Gasteiger partial charge in [-0.25, -0.2) is 0 Å². The van der Waals surface area contributed by atoms with Crippen LogP contribution >= 0.6 is 34.8 Å². The molecule has 0 atom stereocenters. The lowest BCUT2D eigenvalue weighted by Gasteiger charge is -2.04. The molecule has 5 heteroatoms. The Kier molecular flexibility index (Phi) is 2.37. The number of hydrogen-bond donors (Lipinski definition) is 2. The standard InChI is InChI=1S/C6H4Cl3NO/c7-2-1-3(8)5(10)6(11)4(2)9/h1,11H,10H2. The lowest BCUT2D eigenvalue weighted by molar-refractivity contribution is 0.478. The Morgan fingerprint density at radius 1 is 1.18 bits per heavy atom.